The van der Waals surface area contributed by atoms with Crippen molar-refractivity contribution in [1.82, 2.24) is 15.3 Å². The fraction of sp³-hybridized carbons (Fsp3) is 0.500. The first-order valence-corrected chi connectivity index (χ1v) is 12.5. The van der Waals surface area contributed by atoms with Crippen LogP contribution in [-0.2, 0) is 10.9 Å². The largest absolute Gasteiger partial charge is 0.491 e. The number of rotatable bonds is 7. The van der Waals surface area contributed by atoms with Crippen LogP contribution in [0.2, 0.25) is 0 Å². The number of carbonyl (C=O) groups is 1. The Balaban J connectivity index is 1.93. The van der Waals surface area contributed by atoms with Gasteiger partial charge >= 0.3 is 12.3 Å². The van der Waals surface area contributed by atoms with E-state index in [1.807, 2.05) is 19.2 Å². The summed E-state index contributed by atoms with van der Waals surface area (Å²) in [4.78, 5) is 21.9. The van der Waals surface area contributed by atoms with Crippen molar-refractivity contribution in [2.45, 2.75) is 72.2 Å². The van der Waals surface area contributed by atoms with E-state index in [2.05, 4.69) is 15.3 Å². The lowest BCUT2D eigenvalue weighted by Gasteiger charge is -2.33. The van der Waals surface area contributed by atoms with E-state index in [1.54, 1.807) is 46.8 Å². The van der Waals surface area contributed by atoms with E-state index in [1.165, 1.54) is 17.4 Å². The van der Waals surface area contributed by atoms with Crippen LogP contribution >= 0.6 is 11.3 Å². The molecular weight excluding hydrogens is 491 g/mol. The van der Waals surface area contributed by atoms with Gasteiger partial charge < -0.3 is 14.8 Å². The molecule has 0 aliphatic rings. The lowest BCUT2D eigenvalue weighted by Crippen LogP contribution is -2.52. The fourth-order valence-electron chi connectivity index (χ4n) is 4.04. The Hall–Kier alpha value is -2.88. The van der Waals surface area contributed by atoms with Crippen molar-refractivity contribution in [3.63, 3.8) is 0 Å². The van der Waals surface area contributed by atoms with Crippen LogP contribution in [0.25, 0.3) is 21.5 Å². The van der Waals surface area contributed by atoms with Crippen molar-refractivity contribution >= 4 is 27.6 Å². The third-order valence-corrected chi connectivity index (χ3v) is 6.01. The number of aromatic nitrogens is 2. The molecule has 1 unspecified atom stereocenters. The molecule has 3 aromatic rings. The van der Waals surface area contributed by atoms with Gasteiger partial charge in [-0.1, -0.05) is 13.8 Å². The molecule has 0 radical (unpaired) electrons. The minimum atomic E-state index is -4.66. The number of halogens is 3. The molecule has 0 aliphatic heterocycles. The summed E-state index contributed by atoms with van der Waals surface area (Å²) in [5.74, 6) is 0.304. The van der Waals surface area contributed by atoms with Gasteiger partial charge in [-0.05, 0) is 76.6 Å². The summed E-state index contributed by atoms with van der Waals surface area (Å²) in [7, 11) is 0. The van der Waals surface area contributed by atoms with Gasteiger partial charge in [0.15, 0.2) is 0 Å². The van der Waals surface area contributed by atoms with Crippen molar-refractivity contribution < 1.29 is 27.4 Å². The van der Waals surface area contributed by atoms with Crippen molar-refractivity contribution in [1.29, 1.82) is 0 Å². The second-order valence-electron chi connectivity index (χ2n) is 10.5. The van der Waals surface area contributed by atoms with E-state index in [9.17, 15) is 18.0 Å². The summed E-state index contributed by atoms with van der Waals surface area (Å²) < 4.78 is 53.4. The molecule has 10 heteroatoms. The lowest BCUT2D eigenvalue weighted by atomic mass is 9.91. The van der Waals surface area contributed by atoms with E-state index in [0.29, 0.717) is 33.7 Å². The zero-order valence-electron chi connectivity index (χ0n) is 21.5. The summed E-state index contributed by atoms with van der Waals surface area (Å²) in [6.07, 6.45) is -4.84. The molecule has 1 aromatic carbocycles. The van der Waals surface area contributed by atoms with Gasteiger partial charge in [-0.2, -0.15) is 13.2 Å². The van der Waals surface area contributed by atoms with E-state index >= 15 is 0 Å². The fourth-order valence-corrected chi connectivity index (χ4v) is 4.85. The predicted octanol–water partition coefficient (Wildman–Crippen LogP) is 7.39. The molecule has 2 heterocycles. The number of alkyl halides is 3. The summed E-state index contributed by atoms with van der Waals surface area (Å²) in [6, 6.07) is 5.71. The number of fused-ring (bicyclic) bond motifs is 1. The van der Waals surface area contributed by atoms with Crippen LogP contribution in [0.15, 0.2) is 29.6 Å². The number of amides is 1. The Labute approximate surface area is 213 Å². The second kappa shape index (κ2) is 10.2. The van der Waals surface area contributed by atoms with Crippen LogP contribution in [0.1, 0.15) is 59.4 Å². The van der Waals surface area contributed by atoms with Gasteiger partial charge in [-0.25, -0.2) is 14.8 Å². The van der Waals surface area contributed by atoms with Crippen molar-refractivity contribution in [2.75, 3.05) is 6.61 Å². The maximum atomic E-state index is 14.1. The maximum absolute atomic E-state index is 14.1. The summed E-state index contributed by atoms with van der Waals surface area (Å²) in [5, 5.41) is 5.31. The zero-order chi connectivity index (χ0) is 26.9. The quantitative estimate of drug-likeness (QED) is 0.349. The van der Waals surface area contributed by atoms with Crippen molar-refractivity contribution in [2.24, 2.45) is 5.92 Å². The number of nitrogens with zero attached hydrogens (tertiary/aromatic N) is 2. The van der Waals surface area contributed by atoms with Crippen molar-refractivity contribution in [3.8, 4) is 17.0 Å². The predicted molar refractivity (Wildman–Crippen MR) is 135 cm³/mol. The van der Waals surface area contributed by atoms with Gasteiger partial charge in [0.25, 0.3) is 0 Å². The molecule has 1 N–H and O–H groups in total. The monoisotopic (exact) mass is 523 g/mol. The highest BCUT2D eigenvalue weighted by Crippen LogP contribution is 2.40. The Morgan fingerprint density at radius 2 is 1.81 bits per heavy atom. The maximum Gasteiger partial charge on any atom is 0.419 e. The summed E-state index contributed by atoms with van der Waals surface area (Å²) in [5.41, 5.74) is -1.82. The van der Waals surface area contributed by atoms with Gasteiger partial charge in [0, 0.05) is 10.9 Å². The first kappa shape index (κ1) is 27.7. The van der Waals surface area contributed by atoms with Crippen LogP contribution in [0.3, 0.4) is 0 Å². The average molecular weight is 524 g/mol. The Morgan fingerprint density at radius 1 is 1.11 bits per heavy atom. The van der Waals surface area contributed by atoms with E-state index in [0.717, 1.165) is 6.07 Å². The van der Waals surface area contributed by atoms with Crippen molar-refractivity contribution in [3.05, 3.63) is 41.0 Å². The van der Waals surface area contributed by atoms with Crippen LogP contribution in [0.4, 0.5) is 18.0 Å². The molecule has 0 saturated heterocycles. The number of alkyl carbamates (subject to hydrolysis) is 1. The third kappa shape index (κ3) is 7.09. The zero-order valence-corrected chi connectivity index (χ0v) is 22.4. The summed E-state index contributed by atoms with van der Waals surface area (Å²) in [6.45, 7) is 12.4. The number of carbonyl (C=O) groups excluding carboxylic acids is 1. The smallest absolute Gasteiger partial charge is 0.419 e. The number of benzene rings is 1. The average Bonchev–Trinajstić information content (AvgIpc) is 3.17. The molecule has 0 aliphatic carbocycles. The molecule has 0 spiro atoms. The first-order chi connectivity index (χ1) is 16.6. The highest BCUT2D eigenvalue weighted by molar-refractivity contribution is 7.16. The van der Waals surface area contributed by atoms with Crippen LogP contribution in [0.5, 0.6) is 5.75 Å². The highest BCUT2D eigenvalue weighted by atomic mass is 32.1. The number of hydrogen-bond acceptors (Lipinski definition) is 6. The van der Waals surface area contributed by atoms with Gasteiger partial charge in [-0.3, -0.25) is 0 Å². The standard InChI is InChI=1S/C26H32F3N3O3S/c1-15(2)13-25(7,32-23(33)35-24(4,5)6)14-34-20-9-8-17(12-19(20)26(27,28)29)21-18-10-11-36-22(18)31-16(3)30-21/h8-12,15H,13-14H2,1-7H3,(H,32,33). The topological polar surface area (TPSA) is 73.3 Å². The number of hydrogen-bond donors (Lipinski definition) is 1. The molecule has 2 aromatic heterocycles. The SMILES string of the molecule is Cc1nc(-c2ccc(OCC(C)(CC(C)C)NC(=O)OC(C)(C)C)c(C(F)(F)F)c2)c2ccsc2n1. The molecule has 36 heavy (non-hydrogen) atoms. The number of ether oxygens (including phenoxy) is 2. The molecule has 6 nitrogen and oxygen atoms in total. The Morgan fingerprint density at radius 3 is 2.42 bits per heavy atom. The van der Waals surface area contributed by atoms with Gasteiger partial charge in [0.1, 0.15) is 28.6 Å². The minimum absolute atomic E-state index is 0.145. The first-order valence-electron chi connectivity index (χ1n) is 11.6. The number of thiophene rings is 1. The molecule has 196 valence electrons. The van der Waals surface area contributed by atoms with Crippen LogP contribution in [0, 0.1) is 12.8 Å². The molecule has 0 saturated carbocycles. The van der Waals surface area contributed by atoms with E-state index < -0.39 is 29.0 Å². The molecular formula is C26H32F3N3O3S. The summed E-state index contributed by atoms with van der Waals surface area (Å²) >= 11 is 1.40. The Kier molecular flexibility index (Phi) is 7.88. The Bertz CT molecular complexity index is 1230. The molecule has 0 bridgehead atoms. The third-order valence-electron chi connectivity index (χ3n) is 5.20. The highest BCUT2D eigenvalue weighted by Gasteiger charge is 2.37. The van der Waals surface area contributed by atoms with Crippen LogP contribution in [-0.4, -0.2) is 33.8 Å². The molecule has 0 fully saturated rings. The van der Waals surface area contributed by atoms with Crippen LogP contribution < -0.4 is 10.1 Å². The lowest BCUT2D eigenvalue weighted by molar-refractivity contribution is -0.139. The van der Waals surface area contributed by atoms with E-state index in [-0.39, 0.29) is 18.3 Å². The van der Waals surface area contributed by atoms with Gasteiger partial charge in [-0.15, -0.1) is 11.3 Å². The molecule has 3 rings (SSSR count). The minimum Gasteiger partial charge on any atom is -0.491 e. The normalized spacial score (nSPS) is 14.1. The van der Waals surface area contributed by atoms with E-state index in [4.69, 9.17) is 9.47 Å². The van der Waals surface area contributed by atoms with Gasteiger partial charge in [0.2, 0.25) is 0 Å². The molecule has 1 atom stereocenters. The second-order valence-corrected chi connectivity index (χ2v) is 11.4. The number of nitrogens with one attached hydrogen (secondary N) is 1. The number of aryl methyl sites for hydroxylation is 1. The van der Waals surface area contributed by atoms with Gasteiger partial charge in [0.05, 0.1) is 16.8 Å². The molecule has 1 amide bonds.